The maximum absolute atomic E-state index is 12.3. The zero-order valence-electron chi connectivity index (χ0n) is 11.0. The van der Waals surface area contributed by atoms with Crippen molar-refractivity contribution in [1.82, 2.24) is 4.90 Å². The Labute approximate surface area is 124 Å². The minimum absolute atomic E-state index is 0.0571. The van der Waals surface area contributed by atoms with Gasteiger partial charge in [0, 0.05) is 47.3 Å². The summed E-state index contributed by atoms with van der Waals surface area (Å²) < 4.78 is 0.549. The molecule has 0 bridgehead atoms. The number of carbonyl (C=O) groups is 1. The Morgan fingerprint density at radius 3 is 2.85 bits per heavy atom. The van der Waals surface area contributed by atoms with Gasteiger partial charge in [-0.15, -0.1) is 0 Å². The number of nitrogens with zero attached hydrogens (tertiary/aromatic N) is 2. The molecule has 1 amide bonds. The minimum atomic E-state index is -0.489. The third kappa shape index (κ3) is 2.83. The molecular weight excluding hydrogens is 328 g/mol. The van der Waals surface area contributed by atoms with Crippen LogP contribution in [0.5, 0.6) is 0 Å². The minimum Gasteiger partial charge on any atom is -0.396 e. The third-order valence-corrected chi connectivity index (χ3v) is 4.42. The first kappa shape index (κ1) is 14.9. The fourth-order valence-electron chi connectivity index (χ4n) is 2.33. The molecule has 20 heavy (non-hydrogen) atoms. The zero-order chi connectivity index (χ0) is 14.9. The van der Waals surface area contributed by atoms with E-state index in [0.29, 0.717) is 28.7 Å². The average molecular weight is 343 g/mol. The Morgan fingerprint density at radius 2 is 2.30 bits per heavy atom. The first-order valence-electron chi connectivity index (χ1n) is 6.28. The highest BCUT2D eigenvalue weighted by molar-refractivity contribution is 9.10. The number of hydrogen-bond donors (Lipinski definition) is 1. The van der Waals surface area contributed by atoms with Gasteiger partial charge in [-0.1, -0.05) is 15.9 Å². The van der Waals surface area contributed by atoms with Crippen LogP contribution in [0.4, 0.5) is 5.69 Å². The maximum Gasteiger partial charge on any atom is 0.274 e. The zero-order valence-corrected chi connectivity index (χ0v) is 12.6. The van der Waals surface area contributed by atoms with Gasteiger partial charge in [-0.2, -0.15) is 0 Å². The van der Waals surface area contributed by atoms with E-state index in [0.717, 1.165) is 6.42 Å². The fourth-order valence-corrected chi connectivity index (χ4v) is 2.78. The van der Waals surface area contributed by atoms with Gasteiger partial charge in [0.15, 0.2) is 0 Å². The van der Waals surface area contributed by atoms with E-state index >= 15 is 0 Å². The van der Waals surface area contributed by atoms with Gasteiger partial charge in [0.1, 0.15) is 0 Å². The first-order chi connectivity index (χ1) is 9.43. The Balaban J connectivity index is 2.29. The van der Waals surface area contributed by atoms with Crippen molar-refractivity contribution in [3.05, 3.63) is 37.8 Å². The van der Waals surface area contributed by atoms with E-state index < -0.39 is 4.92 Å². The number of rotatable bonds is 3. The molecule has 0 aromatic heterocycles. The molecule has 1 saturated heterocycles. The second-order valence-corrected chi connectivity index (χ2v) is 5.80. The largest absolute Gasteiger partial charge is 0.396 e. The van der Waals surface area contributed by atoms with Crippen LogP contribution in [-0.4, -0.2) is 40.5 Å². The molecule has 0 saturated carbocycles. The van der Waals surface area contributed by atoms with Gasteiger partial charge in [-0.3, -0.25) is 14.9 Å². The number of nitro benzene ring substituents is 1. The summed E-state index contributed by atoms with van der Waals surface area (Å²) in [6, 6.07) is 2.92. The van der Waals surface area contributed by atoms with Crippen LogP contribution in [0.25, 0.3) is 0 Å². The lowest BCUT2D eigenvalue weighted by Crippen LogP contribution is -2.29. The molecule has 1 N–H and O–H groups in total. The molecule has 1 aromatic carbocycles. The fraction of sp³-hybridized carbons (Fsp3) is 0.462. The Bertz CT molecular complexity index is 562. The predicted molar refractivity (Wildman–Crippen MR) is 76.6 cm³/mol. The van der Waals surface area contributed by atoms with E-state index in [1.165, 1.54) is 6.07 Å². The van der Waals surface area contributed by atoms with E-state index in [1.54, 1.807) is 17.9 Å². The quantitative estimate of drug-likeness (QED) is 0.673. The summed E-state index contributed by atoms with van der Waals surface area (Å²) in [7, 11) is 0. The van der Waals surface area contributed by atoms with E-state index in [9.17, 15) is 14.9 Å². The molecule has 0 spiro atoms. The van der Waals surface area contributed by atoms with Crippen molar-refractivity contribution in [2.24, 2.45) is 5.92 Å². The van der Waals surface area contributed by atoms with Crippen LogP contribution < -0.4 is 0 Å². The lowest BCUT2D eigenvalue weighted by molar-refractivity contribution is -0.385. The first-order valence-corrected chi connectivity index (χ1v) is 7.08. The van der Waals surface area contributed by atoms with Crippen molar-refractivity contribution in [2.45, 2.75) is 13.3 Å². The highest BCUT2D eigenvalue weighted by Gasteiger charge is 2.28. The second-order valence-electron chi connectivity index (χ2n) is 4.95. The molecule has 1 unspecified atom stereocenters. The van der Waals surface area contributed by atoms with Crippen molar-refractivity contribution >= 4 is 27.5 Å². The van der Waals surface area contributed by atoms with Gasteiger partial charge in [-0.25, -0.2) is 0 Å². The molecule has 108 valence electrons. The molecule has 0 radical (unpaired) electrons. The van der Waals surface area contributed by atoms with E-state index in [-0.39, 0.29) is 24.1 Å². The van der Waals surface area contributed by atoms with Crippen LogP contribution in [0, 0.1) is 23.0 Å². The van der Waals surface area contributed by atoms with Gasteiger partial charge in [0.25, 0.3) is 11.6 Å². The molecular formula is C13H15BrN2O4. The Kier molecular flexibility index (Phi) is 4.39. The number of benzene rings is 1. The Hall–Kier alpha value is -1.47. The summed E-state index contributed by atoms with van der Waals surface area (Å²) in [6.07, 6.45) is 0.761. The highest BCUT2D eigenvalue weighted by Crippen LogP contribution is 2.29. The molecule has 2 rings (SSSR count). The number of halogens is 1. The molecule has 1 aliphatic rings. The number of likely N-dealkylation sites (tertiary alicyclic amines) is 1. The number of carbonyl (C=O) groups excluding carboxylic acids is 1. The summed E-state index contributed by atoms with van der Waals surface area (Å²) in [4.78, 5) is 24.5. The second kappa shape index (κ2) is 5.88. The van der Waals surface area contributed by atoms with Gasteiger partial charge >= 0.3 is 0 Å². The summed E-state index contributed by atoms with van der Waals surface area (Å²) in [6.45, 7) is 2.76. The van der Waals surface area contributed by atoms with Crippen LogP contribution in [0.1, 0.15) is 22.3 Å². The molecule has 0 aliphatic carbocycles. The van der Waals surface area contributed by atoms with Gasteiger partial charge in [-0.05, 0) is 19.4 Å². The summed E-state index contributed by atoms with van der Waals surface area (Å²) in [5, 5.41) is 20.1. The highest BCUT2D eigenvalue weighted by atomic mass is 79.9. The number of hydrogen-bond acceptors (Lipinski definition) is 4. The van der Waals surface area contributed by atoms with Crippen molar-refractivity contribution in [3.8, 4) is 0 Å². The number of aliphatic hydroxyl groups excluding tert-OH is 1. The van der Waals surface area contributed by atoms with Gasteiger partial charge in [0.2, 0.25) is 0 Å². The van der Waals surface area contributed by atoms with Crippen LogP contribution in [0.15, 0.2) is 16.6 Å². The summed E-state index contributed by atoms with van der Waals surface area (Å²) >= 11 is 3.25. The van der Waals surface area contributed by atoms with Crippen LogP contribution >= 0.6 is 15.9 Å². The SMILES string of the molecule is Cc1c(Br)cc(C(=O)N2CCC(CO)C2)cc1[N+](=O)[O-]. The maximum atomic E-state index is 12.3. The lowest BCUT2D eigenvalue weighted by atomic mass is 10.1. The van der Waals surface area contributed by atoms with Gasteiger partial charge < -0.3 is 10.0 Å². The van der Waals surface area contributed by atoms with Crippen molar-refractivity contribution in [2.75, 3.05) is 19.7 Å². The lowest BCUT2D eigenvalue weighted by Gasteiger charge is -2.16. The average Bonchev–Trinajstić information content (AvgIpc) is 2.89. The van der Waals surface area contributed by atoms with E-state index in [1.807, 2.05) is 0 Å². The molecule has 7 heteroatoms. The summed E-state index contributed by atoms with van der Waals surface area (Å²) in [5.74, 6) is -0.132. The van der Waals surface area contributed by atoms with E-state index in [4.69, 9.17) is 5.11 Å². The Morgan fingerprint density at radius 1 is 1.60 bits per heavy atom. The van der Waals surface area contributed by atoms with Gasteiger partial charge in [0.05, 0.1) is 4.92 Å². The normalized spacial score (nSPS) is 18.4. The molecule has 1 atom stereocenters. The topological polar surface area (TPSA) is 83.7 Å². The van der Waals surface area contributed by atoms with Crippen LogP contribution in [0.3, 0.4) is 0 Å². The van der Waals surface area contributed by atoms with Crippen LogP contribution in [0.2, 0.25) is 0 Å². The molecule has 1 heterocycles. The van der Waals surface area contributed by atoms with Crippen molar-refractivity contribution in [3.63, 3.8) is 0 Å². The monoisotopic (exact) mass is 342 g/mol. The molecule has 1 aliphatic heterocycles. The predicted octanol–water partition coefficient (Wildman–Crippen LogP) is 2.12. The third-order valence-electron chi connectivity index (χ3n) is 3.59. The van der Waals surface area contributed by atoms with Crippen molar-refractivity contribution in [1.29, 1.82) is 0 Å². The molecule has 1 fully saturated rings. The van der Waals surface area contributed by atoms with Crippen LogP contribution in [-0.2, 0) is 0 Å². The smallest absolute Gasteiger partial charge is 0.274 e. The molecule has 1 aromatic rings. The number of amides is 1. The standard InChI is InChI=1S/C13H15BrN2O4/c1-8-11(14)4-10(5-12(8)16(19)20)13(18)15-3-2-9(6-15)7-17/h4-5,9,17H,2-3,6-7H2,1H3. The molecule has 6 nitrogen and oxygen atoms in total. The summed E-state index contributed by atoms with van der Waals surface area (Å²) in [5.41, 5.74) is 0.731. The van der Waals surface area contributed by atoms with Crippen molar-refractivity contribution < 1.29 is 14.8 Å². The number of nitro groups is 1. The van der Waals surface area contributed by atoms with E-state index in [2.05, 4.69) is 15.9 Å². The number of aliphatic hydroxyl groups is 1.